The number of halogens is 2. The van der Waals surface area contributed by atoms with Crippen molar-refractivity contribution in [1.82, 2.24) is 14.5 Å². The molecule has 1 N–H and O–H groups in total. The number of thioether (sulfide) groups is 1. The summed E-state index contributed by atoms with van der Waals surface area (Å²) in [5, 5.41) is 4.01. The van der Waals surface area contributed by atoms with Crippen LogP contribution in [-0.2, 0) is 30.8 Å². The smallest absolute Gasteiger partial charge is 0.243 e. The van der Waals surface area contributed by atoms with Crippen LogP contribution in [0.15, 0.2) is 52.3 Å². The lowest BCUT2D eigenvalue weighted by Crippen LogP contribution is -2.47. The van der Waals surface area contributed by atoms with Gasteiger partial charge in [0.05, 0.1) is 46.6 Å². The fourth-order valence-electron chi connectivity index (χ4n) is 4.02. The highest BCUT2D eigenvalue weighted by Crippen LogP contribution is 2.24. The average Bonchev–Trinajstić information content (AvgIpc) is 2.89. The third kappa shape index (κ3) is 7.58. The van der Waals surface area contributed by atoms with Crippen LogP contribution in [0.2, 0.25) is 10.0 Å². The summed E-state index contributed by atoms with van der Waals surface area (Å²) in [6, 6.07) is 12.3. The molecule has 36 heavy (non-hydrogen) atoms. The van der Waals surface area contributed by atoms with Gasteiger partial charge in [-0.3, -0.25) is 9.69 Å². The predicted octanol–water partition coefficient (Wildman–Crippen LogP) is 3.12. The lowest BCUT2D eigenvalue weighted by molar-refractivity contribution is -0.119. The molecule has 12 heteroatoms. The monoisotopic (exact) mass is 573 g/mol. The zero-order valence-electron chi connectivity index (χ0n) is 19.7. The molecule has 0 saturated carbocycles. The second-order valence-corrected chi connectivity index (χ2v) is 12.4. The van der Waals surface area contributed by atoms with E-state index in [1.165, 1.54) is 16.1 Å². The molecule has 2 heterocycles. The zero-order chi connectivity index (χ0) is 25.5. The average molecular weight is 575 g/mol. The van der Waals surface area contributed by atoms with Crippen LogP contribution in [0.5, 0.6) is 0 Å². The van der Waals surface area contributed by atoms with Crippen molar-refractivity contribution in [3.05, 3.63) is 58.1 Å². The van der Waals surface area contributed by atoms with E-state index in [1.54, 1.807) is 30.3 Å². The molecule has 2 fully saturated rings. The van der Waals surface area contributed by atoms with Crippen LogP contribution in [0.1, 0.15) is 5.56 Å². The van der Waals surface area contributed by atoms with E-state index in [2.05, 4.69) is 10.2 Å². The van der Waals surface area contributed by atoms with Crippen molar-refractivity contribution < 1.29 is 22.7 Å². The van der Waals surface area contributed by atoms with Crippen LogP contribution in [0.3, 0.4) is 0 Å². The zero-order valence-corrected chi connectivity index (χ0v) is 22.8. The molecule has 196 valence electrons. The molecule has 2 aliphatic heterocycles. The minimum atomic E-state index is -3.53. The van der Waals surface area contributed by atoms with Gasteiger partial charge < -0.3 is 14.8 Å². The lowest BCUT2D eigenvalue weighted by atomic mass is 10.2. The summed E-state index contributed by atoms with van der Waals surface area (Å²) >= 11 is 13.5. The van der Waals surface area contributed by atoms with E-state index in [0.29, 0.717) is 56.0 Å². The Morgan fingerprint density at radius 3 is 2.50 bits per heavy atom. The Kier molecular flexibility index (Phi) is 9.93. The molecule has 0 unspecified atom stereocenters. The fourth-order valence-corrected chi connectivity index (χ4v) is 6.47. The first-order chi connectivity index (χ1) is 17.3. The Hall–Kier alpha value is -1.37. The number of hydrogen-bond donors (Lipinski definition) is 1. The van der Waals surface area contributed by atoms with Crippen molar-refractivity contribution in [2.45, 2.75) is 22.4 Å². The highest BCUT2D eigenvalue weighted by atomic mass is 35.5. The molecule has 2 saturated heterocycles. The van der Waals surface area contributed by atoms with Crippen LogP contribution in [0, 0.1) is 0 Å². The number of amides is 1. The van der Waals surface area contributed by atoms with Gasteiger partial charge in [0.15, 0.2) is 0 Å². The number of morpholine rings is 2. The molecule has 4 rings (SSSR count). The summed E-state index contributed by atoms with van der Waals surface area (Å²) in [5.41, 5.74) is 1.08. The quantitative estimate of drug-likeness (QED) is 0.461. The van der Waals surface area contributed by atoms with E-state index in [0.717, 1.165) is 23.5 Å². The number of nitrogens with zero attached hydrogens (tertiary/aromatic N) is 2. The normalized spacial score (nSPS) is 19.8. The molecule has 1 amide bonds. The number of nitrogens with one attached hydrogen (secondary N) is 1. The number of carbonyl (C=O) groups is 1. The molecular formula is C24H29Cl2N3O5S2. The Morgan fingerprint density at radius 2 is 1.78 bits per heavy atom. The van der Waals surface area contributed by atoms with E-state index < -0.39 is 10.0 Å². The maximum atomic E-state index is 12.7. The van der Waals surface area contributed by atoms with E-state index in [4.69, 9.17) is 32.7 Å². The van der Waals surface area contributed by atoms with Crippen molar-refractivity contribution >= 4 is 50.9 Å². The summed E-state index contributed by atoms with van der Waals surface area (Å²) in [5.74, 6) is 0.130. The van der Waals surface area contributed by atoms with E-state index in [9.17, 15) is 13.2 Å². The molecule has 0 bridgehead atoms. The van der Waals surface area contributed by atoms with E-state index in [-0.39, 0.29) is 22.7 Å². The van der Waals surface area contributed by atoms with Crippen LogP contribution < -0.4 is 5.32 Å². The van der Waals surface area contributed by atoms with E-state index >= 15 is 0 Å². The minimum absolute atomic E-state index is 0.0971. The van der Waals surface area contributed by atoms with Crippen LogP contribution in [-0.4, -0.2) is 87.9 Å². The summed E-state index contributed by atoms with van der Waals surface area (Å²) in [7, 11) is -3.53. The number of sulfonamides is 1. The third-order valence-electron chi connectivity index (χ3n) is 5.94. The van der Waals surface area contributed by atoms with Crippen LogP contribution in [0.4, 0.5) is 0 Å². The van der Waals surface area contributed by atoms with Crippen molar-refractivity contribution in [3.8, 4) is 0 Å². The summed E-state index contributed by atoms with van der Waals surface area (Å²) in [4.78, 5) is 15.7. The van der Waals surface area contributed by atoms with Gasteiger partial charge in [-0.25, -0.2) is 8.42 Å². The van der Waals surface area contributed by atoms with Crippen molar-refractivity contribution in [3.63, 3.8) is 0 Å². The standard InChI is InChI=1S/C24H29Cl2N3O5S2/c25-22-6-1-18(13-23(22)26)15-28-7-12-34-19(16-28)14-27-24(30)17-35-20-2-4-21(5-3-20)36(31,32)29-8-10-33-11-9-29/h1-6,13,19H,7-12,14-17H2,(H,27,30)/t19-/m0/s1. The SMILES string of the molecule is O=C(CSc1ccc(S(=O)(=O)N2CCOCC2)cc1)NC[C@H]1CN(Cc2ccc(Cl)c(Cl)c2)CCO1. The molecule has 2 aromatic carbocycles. The molecular weight excluding hydrogens is 545 g/mol. The maximum Gasteiger partial charge on any atom is 0.243 e. The van der Waals surface area contributed by atoms with Crippen molar-refractivity contribution in [2.75, 3.05) is 58.3 Å². The number of rotatable bonds is 9. The first-order valence-electron chi connectivity index (χ1n) is 11.7. The van der Waals surface area contributed by atoms with Gasteiger partial charge in [0.1, 0.15) is 0 Å². The maximum absolute atomic E-state index is 12.7. The number of carbonyl (C=O) groups excluding carboxylic acids is 1. The Labute approximate surface area is 226 Å². The van der Waals surface area contributed by atoms with Gasteiger partial charge in [0.25, 0.3) is 0 Å². The lowest BCUT2D eigenvalue weighted by Gasteiger charge is -2.33. The first-order valence-corrected chi connectivity index (χ1v) is 14.8. The topological polar surface area (TPSA) is 88.2 Å². The Balaban J connectivity index is 1.20. The van der Waals surface area contributed by atoms with Gasteiger partial charge in [-0.05, 0) is 42.0 Å². The second-order valence-electron chi connectivity index (χ2n) is 8.56. The molecule has 0 aliphatic carbocycles. The number of hydrogen-bond acceptors (Lipinski definition) is 7. The van der Waals surface area contributed by atoms with Gasteiger partial charge in [-0.1, -0.05) is 29.3 Å². The van der Waals surface area contributed by atoms with Crippen molar-refractivity contribution in [1.29, 1.82) is 0 Å². The largest absolute Gasteiger partial charge is 0.379 e. The van der Waals surface area contributed by atoms with Crippen LogP contribution >= 0.6 is 35.0 Å². The van der Waals surface area contributed by atoms with Gasteiger partial charge in [0, 0.05) is 44.2 Å². The van der Waals surface area contributed by atoms with Gasteiger partial charge >= 0.3 is 0 Å². The van der Waals surface area contributed by atoms with E-state index in [1.807, 2.05) is 12.1 Å². The first kappa shape index (κ1) is 27.7. The Bertz CT molecular complexity index is 1140. The van der Waals surface area contributed by atoms with Crippen molar-refractivity contribution in [2.24, 2.45) is 0 Å². The number of benzene rings is 2. The molecule has 2 aromatic rings. The fraction of sp³-hybridized carbons (Fsp3) is 0.458. The highest BCUT2D eigenvalue weighted by Gasteiger charge is 2.26. The Morgan fingerprint density at radius 1 is 1.03 bits per heavy atom. The van der Waals surface area contributed by atoms with Gasteiger partial charge in [0.2, 0.25) is 15.9 Å². The molecule has 0 radical (unpaired) electrons. The minimum Gasteiger partial charge on any atom is -0.379 e. The molecule has 2 aliphatic rings. The third-order valence-corrected chi connectivity index (χ3v) is 9.61. The predicted molar refractivity (Wildman–Crippen MR) is 141 cm³/mol. The van der Waals surface area contributed by atoms with Crippen LogP contribution in [0.25, 0.3) is 0 Å². The highest BCUT2D eigenvalue weighted by molar-refractivity contribution is 8.00. The molecule has 0 aromatic heterocycles. The summed E-state index contributed by atoms with van der Waals surface area (Å²) in [6.07, 6.45) is -0.0971. The number of ether oxygens (including phenoxy) is 2. The molecule has 0 spiro atoms. The van der Waals surface area contributed by atoms with Gasteiger partial charge in [-0.2, -0.15) is 4.31 Å². The second kappa shape index (κ2) is 12.9. The molecule has 1 atom stereocenters. The molecule has 8 nitrogen and oxygen atoms in total. The summed E-state index contributed by atoms with van der Waals surface area (Å²) < 4.78 is 37.9. The van der Waals surface area contributed by atoms with Gasteiger partial charge in [-0.15, -0.1) is 11.8 Å². The summed E-state index contributed by atoms with van der Waals surface area (Å²) in [6.45, 7) is 4.79.